The first-order valence-corrected chi connectivity index (χ1v) is 14.4. The maximum absolute atomic E-state index is 14.1. The number of benzene rings is 3. The molecule has 0 bridgehead atoms. The number of anilines is 2. The molecular formula is C31H34N10O2. The summed E-state index contributed by atoms with van der Waals surface area (Å²) in [5.41, 5.74) is 23.0. The Morgan fingerprint density at radius 3 is 2.30 bits per heavy atom. The van der Waals surface area contributed by atoms with Crippen molar-refractivity contribution in [1.29, 1.82) is 0 Å². The summed E-state index contributed by atoms with van der Waals surface area (Å²) < 4.78 is 0. The number of nitrogens with one attached hydrogen (secondary N) is 2. The average molecular weight is 579 g/mol. The van der Waals surface area contributed by atoms with Crippen molar-refractivity contribution < 1.29 is 9.59 Å². The molecule has 1 atom stereocenters. The molecule has 5 aromatic rings. The van der Waals surface area contributed by atoms with Crippen LogP contribution in [0.25, 0.3) is 33.4 Å². The fourth-order valence-corrected chi connectivity index (χ4v) is 6.06. The zero-order valence-corrected chi connectivity index (χ0v) is 23.6. The summed E-state index contributed by atoms with van der Waals surface area (Å²) in [4.78, 5) is 28.8. The largest absolute Gasteiger partial charge is 0.382 e. The molecular weight excluding hydrogens is 544 g/mol. The molecule has 0 spiro atoms. The molecule has 220 valence electrons. The fraction of sp³-hybridized carbons (Fsp3) is 0.290. The number of amides is 2. The van der Waals surface area contributed by atoms with E-state index in [1.807, 2.05) is 42.5 Å². The topological polar surface area (TPSA) is 199 Å². The Bertz CT molecular complexity index is 1710. The second kappa shape index (κ2) is 12.0. The highest BCUT2D eigenvalue weighted by atomic mass is 16.2. The normalized spacial score (nSPS) is 17.5. The zero-order chi connectivity index (χ0) is 29.9. The highest BCUT2D eigenvalue weighted by Gasteiger charge is 2.36. The third kappa shape index (κ3) is 5.69. The molecule has 1 saturated carbocycles. The van der Waals surface area contributed by atoms with E-state index in [9.17, 15) is 9.59 Å². The lowest BCUT2D eigenvalue weighted by atomic mass is 9.81. The summed E-state index contributed by atoms with van der Waals surface area (Å²) in [7, 11) is 0. The number of aromatic nitrogens is 6. The first kappa shape index (κ1) is 28.0. The van der Waals surface area contributed by atoms with Crippen molar-refractivity contribution in [2.75, 3.05) is 17.2 Å². The molecule has 1 aliphatic rings. The van der Waals surface area contributed by atoms with E-state index < -0.39 is 11.9 Å². The molecule has 2 heterocycles. The molecule has 1 fully saturated rings. The van der Waals surface area contributed by atoms with E-state index in [-0.39, 0.29) is 18.2 Å². The van der Waals surface area contributed by atoms with Gasteiger partial charge in [-0.05, 0) is 90.4 Å². The van der Waals surface area contributed by atoms with Crippen molar-refractivity contribution in [2.45, 2.75) is 38.1 Å². The highest BCUT2D eigenvalue weighted by Crippen LogP contribution is 2.34. The van der Waals surface area contributed by atoms with Gasteiger partial charge in [0, 0.05) is 23.6 Å². The van der Waals surface area contributed by atoms with Gasteiger partial charge >= 0.3 is 0 Å². The zero-order valence-electron chi connectivity index (χ0n) is 23.6. The average Bonchev–Trinajstić information content (AvgIpc) is 3.72. The van der Waals surface area contributed by atoms with Crippen LogP contribution in [0.4, 0.5) is 11.5 Å². The molecule has 1 aliphatic carbocycles. The van der Waals surface area contributed by atoms with Gasteiger partial charge in [0.1, 0.15) is 6.04 Å². The van der Waals surface area contributed by atoms with E-state index in [0.717, 1.165) is 58.8 Å². The number of tetrazole rings is 1. The Kier molecular flexibility index (Phi) is 7.84. The van der Waals surface area contributed by atoms with Gasteiger partial charge in [0.15, 0.2) is 5.82 Å². The molecule has 12 nitrogen and oxygen atoms in total. The number of carbonyl (C=O) groups excluding carboxylic acids is 2. The minimum Gasteiger partial charge on any atom is -0.382 e. The van der Waals surface area contributed by atoms with Crippen LogP contribution in [-0.4, -0.2) is 55.2 Å². The maximum atomic E-state index is 14.1. The molecule has 0 saturated heterocycles. The van der Waals surface area contributed by atoms with Crippen molar-refractivity contribution >= 4 is 34.2 Å². The third-order valence-electron chi connectivity index (χ3n) is 8.47. The van der Waals surface area contributed by atoms with Crippen molar-refractivity contribution in [3.8, 4) is 22.5 Å². The summed E-state index contributed by atoms with van der Waals surface area (Å²) >= 11 is 0. The van der Waals surface area contributed by atoms with Gasteiger partial charge in [0.25, 0.3) is 0 Å². The molecule has 43 heavy (non-hydrogen) atoms. The predicted octanol–water partition coefficient (Wildman–Crippen LogP) is 3.19. The summed E-state index contributed by atoms with van der Waals surface area (Å²) in [6.07, 6.45) is 3.47. The molecule has 8 N–H and O–H groups in total. The molecule has 0 aliphatic heterocycles. The quantitative estimate of drug-likeness (QED) is 0.176. The van der Waals surface area contributed by atoms with Crippen molar-refractivity contribution in [3.63, 3.8) is 0 Å². The van der Waals surface area contributed by atoms with E-state index in [0.29, 0.717) is 29.8 Å². The Hall–Kier alpha value is -5.10. The number of nitrogen functional groups attached to an aromatic ring is 1. The number of hydrogen-bond acceptors (Lipinski definition) is 8. The molecule has 2 amide bonds. The van der Waals surface area contributed by atoms with Crippen LogP contribution in [-0.2, 0) is 16.0 Å². The molecule has 3 aromatic carbocycles. The predicted molar refractivity (Wildman–Crippen MR) is 164 cm³/mol. The highest BCUT2D eigenvalue weighted by molar-refractivity contribution is 6.02. The van der Waals surface area contributed by atoms with Crippen molar-refractivity contribution in [2.24, 2.45) is 23.3 Å². The van der Waals surface area contributed by atoms with Gasteiger partial charge in [-0.2, -0.15) is 10.3 Å². The maximum Gasteiger partial charge on any atom is 0.240 e. The molecule has 0 unspecified atom stereocenters. The Morgan fingerprint density at radius 1 is 0.930 bits per heavy atom. The van der Waals surface area contributed by atoms with Gasteiger partial charge in [0.05, 0.1) is 10.9 Å². The SMILES string of the molecule is NCC1CCC(C(=O)N(c2ccc(-c3nn[nH]n3)cc2)[C@@H](Cc2ccc(-c3cccc4[nH]nc(N)c34)cc2)C(N)=O)CC1. The number of hydrogen-bond donors (Lipinski definition) is 5. The van der Waals surface area contributed by atoms with E-state index in [2.05, 4.69) is 30.8 Å². The number of nitrogens with two attached hydrogens (primary N) is 3. The van der Waals surface area contributed by atoms with Gasteiger partial charge in [0.2, 0.25) is 17.6 Å². The second-order valence-electron chi connectivity index (χ2n) is 11.1. The smallest absolute Gasteiger partial charge is 0.240 e. The minimum absolute atomic E-state index is 0.106. The van der Waals surface area contributed by atoms with E-state index in [1.54, 1.807) is 29.2 Å². The van der Waals surface area contributed by atoms with Crippen LogP contribution in [0.3, 0.4) is 0 Å². The van der Waals surface area contributed by atoms with Gasteiger partial charge in [-0.25, -0.2) is 0 Å². The third-order valence-corrected chi connectivity index (χ3v) is 8.47. The first-order chi connectivity index (χ1) is 20.9. The molecule has 2 aromatic heterocycles. The molecule has 12 heteroatoms. The van der Waals surface area contributed by atoms with Gasteiger partial charge < -0.3 is 17.2 Å². The van der Waals surface area contributed by atoms with Crippen molar-refractivity contribution in [3.05, 3.63) is 72.3 Å². The Labute approximate surface area is 248 Å². The lowest BCUT2D eigenvalue weighted by Gasteiger charge is -2.35. The van der Waals surface area contributed by atoms with Crippen LogP contribution in [0.15, 0.2) is 66.7 Å². The summed E-state index contributed by atoms with van der Waals surface area (Å²) in [5, 5.41) is 22.1. The first-order valence-electron chi connectivity index (χ1n) is 14.4. The standard InChI is InChI=1S/C31H34N10O2/c32-17-19-6-10-22(11-7-19)31(43)41(23-14-12-21(13-15-23)30-37-39-40-38-30)26(29(34)42)16-18-4-8-20(9-5-18)24-2-1-3-25-27(24)28(33)36-35-25/h1-5,8-9,12-15,19,22,26H,6-7,10-11,16-17,32H2,(H2,34,42)(H3,33,35,36)(H,37,38,39,40)/t19?,22?,26-/m0/s1. The Balaban J connectivity index is 1.31. The molecule has 6 rings (SSSR count). The summed E-state index contributed by atoms with van der Waals surface area (Å²) in [6.45, 7) is 0.615. The van der Waals surface area contributed by atoms with E-state index in [1.165, 1.54) is 0 Å². The lowest BCUT2D eigenvalue weighted by Crippen LogP contribution is -2.52. The summed E-state index contributed by atoms with van der Waals surface area (Å²) in [6, 6.07) is 20.0. The number of primary amides is 1. The number of H-pyrrole nitrogens is 2. The monoisotopic (exact) mass is 578 g/mol. The number of carbonyl (C=O) groups is 2. The van der Waals surface area contributed by atoms with Crippen LogP contribution < -0.4 is 22.1 Å². The van der Waals surface area contributed by atoms with Crippen LogP contribution in [0.2, 0.25) is 0 Å². The van der Waals surface area contributed by atoms with E-state index in [4.69, 9.17) is 17.2 Å². The molecule has 0 radical (unpaired) electrons. The van der Waals surface area contributed by atoms with Gasteiger partial charge in [-0.15, -0.1) is 10.2 Å². The van der Waals surface area contributed by atoms with Crippen LogP contribution in [0.5, 0.6) is 0 Å². The van der Waals surface area contributed by atoms with Crippen LogP contribution in [0, 0.1) is 11.8 Å². The van der Waals surface area contributed by atoms with Crippen molar-refractivity contribution in [1.82, 2.24) is 30.8 Å². The fourth-order valence-electron chi connectivity index (χ4n) is 6.06. The van der Waals surface area contributed by atoms with Gasteiger partial charge in [-0.1, -0.05) is 36.4 Å². The lowest BCUT2D eigenvalue weighted by molar-refractivity contribution is -0.127. The Morgan fingerprint density at radius 2 is 1.65 bits per heavy atom. The number of nitrogens with zero attached hydrogens (tertiary/aromatic N) is 5. The minimum atomic E-state index is -0.894. The van der Waals surface area contributed by atoms with Crippen LogP contribution >= 0.6 is 0 Å². The number of rotatable bonds is 9. The number of fused-ring (bicyclic) bond motifs is 1. The second-order valence-corrected chi connectivity index (χ2v) is 11.1. The summed E-state index contributed by atoms with van der Waals surface area (Å²) in [5.74, 6) is 0.384. The van der Waals surface area contributed by atoms with Crippen LogP contribution in [0.1, 0.15) is 31.2 Å². The van der Waals surface area contributed by atoms with E-state index >= 15 is 0 Å². The number of aromatic amines is 2. The van der Waals surface area contributed by atoms with Gasteiger partial charge in [-0.3, -0.25) is 19.6 Å².